The Morgan fingerprint density at radius 1 is 1.18 bits per heavy atom. The molecule has 146 valence electrons. The van der Waals surface area contributed by atoms with Gasteiger partial charge in [-0.05, 0) is 11.1 Å². The summed E-state index contributed by atoms with van der Waals surface area (Å²) in [5.41, 5.74) is 0.707. The molecule has 0 aliphatic carbocycles. The Labute approximate surface area is 160 Å². The zero-order valence-corrected chi connectivity index (χ0v) is 15.2. The fourth-order valence-electron chi connectivity index (χ4n) is 3.33. The van der Waals surface area contributed by atoms with E-state index < -0.39 is 28.4 Å². The number of nitro groups is 1. The van der Waals surface area contributed by atoms with E-state index in [2.05, 4.69) is 0 Å². The number of hydrogen-bond donors (Lipinski definition) is 1. The van der Waals surface area contributed by atoms with Crippen molar-refractivity contribution in [3.05, 3.63) is 63.2 Å². The highest BCUT2D eigenvalue weighted by atomic mass is 16.6. The van der Waals surface area contributed by atoms with Gasteiger partial charge in [-0.1, -0.05) is 24.3 Å². The summed E-state index contributed by atoms with van der Waals surface area (Å²) in [6.45, 7) is 0.0704. The van der Waals surface area contributed by atoms with Gasteiger partial charge < -0.3 is 19.5 Å². The fourth-order valence-corrected chi connectivity index (χ4v) is 3.33. The molecule has 1 amide bonds. The summed E-state index contributed by atoms with van der Waals surface area (Å²) in [4.78, 5) is 36.9. The Morgan fingerprint density at radius 3 is 2.43 bits per heavy atom. The van der Waals surface area contributed by atoms with Crippen LogP contribution in [0.2, 0.25) is 0 Å². The molecule has 3 rings (SSSR count). The number of fused-ring (bicyclic) bond motifs is 1. The Kier molecular flexibility index (Phi) is 5.16. The first-order chi connectivity index (χ1) is 13.4. The van der Waals surface area contributed by atoms with Crippen LogP contribution in [0.4, 0.5) is 5.69 Å². The van der Waals surface area contributed by atoms with E-state index in [1.165, 1.54) is 25.2 Å². The number of rotatable bonds is 5. The Hall–Kier alpha value is -3.62. The van der Waals surface area contributed by atoms with Crippen molar-refractivity contribution < 1.29 is 29.1 Å². The molecule has 0 radical (unpaired) electrons. The number of carbonyl (C=O) groups is 2. The topological polar surface area (TPSA) is 119 Å². The molecular weight excluding hydrogens is 368 g/mol. The van der Waals surface area contributed by atoms with Crippen molar-refractivity contribution in [3.8, 4) is 11.5 Å². The predicted octanol–water partition coefficient (Wildman–Crippen LogP) is 2.44. The minimum absolute atomic E-state index is 0.0866. The van der Waals surface area contributed by atoms with E-state index in [0.717, 1.165) is 6.07 Å². The quantitative estimate of drug-likeness (QED) is 0.619. The third-order valence-electron chi connectivity index (χ3n) is 4.71. The van der Waals surface area contributed by atoms with Crippen LogP contribution in [-0.4, -0.2) is 47.6 Å². The maximum absolute atomic E-state index is 13.1. The number of aliphatic carboxylic acids is 1. The summed E-state index contributed by atoms with van der Waals surface area (Å²) in [5, 5.41) is 21.1. The molecule has 0 saturated heterocycles. The standard InChI is InChI=1S/C19H18N2O7/c1-27-16-7-13(15(21(25)26)8-17(16)28-2)18(22)20-9-11-5-3-4-6-12(11)14(10-20)19(23)24/h3-8,14H,9-10H2,1-2H3,(H,23,24). The first-order valence-electron chi connectivity index (χ1n) is 8.37. The molecule has 0 bridgehead atoms. The van der Waals surface area contributed by atoms with Gasteiger partial charge in [0.05, 0.1) is 31.1 Å². The van der Waals surface area contributed by atoms with Gasteiger partial charge in [-0.3, -0.25) is 19.7 Å². The molecule has 0 spiro atoms. The second-order valence-electron chi connectivity index (χ2n) is 6.26. The number of carbonyl (C=O) groups excluding carboxylic acids is 1. The first-order valence-corrected chi connectivity index (χ1v) is 8.37. The molecule has 1 aliphatic rings. The van der Waals surface area contributed by atoms with E-state index in [-0.39, 0.29) is 30.2 Å². The summed E-state index contributed by atoms with van der Waals surface area (Å²) in [7, 11) is 2.69. The first kappa shape index (κ1) is 19.2. The molecule has 1 unspecified atom stereocenters. The van der Waals surface area contributed by atoms with Gasteiger partial charge in [-0.2, -0.15) is 0 Å². The Morgan fingerprint density at radius 2 is 1.82 bits per heavy atom. The molecule has 9 nitrogen and oxygen atoms in total. The van der Waals surface area contributed by atoms with Gasteiger partial charge in [0.2, 0.25) is 0 Å². The summed E-state index contributed by atoms with van der Waals surface area (Å²) in [5.74, 6) is -2.32. The summed E-state index contributed by atoms with van der Waals surface area (Å²) < 4.78 is 10.2. The Balaban J connectivity index is 2.05. The van der Waals surface area contributed by atoms with Crippen LogP contribution >= 0.6 is 0 Å². The van der Waals surface area contributed by atoms with Crippen molar-refractivity contribution in [1.82, 2.24) is 4.90 Å². The van der Waals surface area contributed by atoms with Gasteiger partial charge >= 0.3 is 5.97 Å². The maximum atomic E-state index is 13.1. The monoisotopic (exact) mass is 386 g/mol. The molecule has 1 N–H and O–H groups in total. The number of methoxy groups -OCH3 is 2. The lowest BCUT2D eigenvalue weighted by molar-refractivity contribution is -0.385. The number of nitrogens with zero attached hydrogens (tertiary/aromatic N) is 2. The van der Waals surface area contributed by atoms with Gasteiger partial charge in [-0.15, -0.1) is 0 Å². The molecule has 1 atom stereocenters. The van der Waals surface area contributed by atoms with Crippen LogP contribution in [0.1, 0.15) is 27.4 Å². The number of amides is 1. The van der Waals surface area contributed by atoms with E-state index in [9.17, 15) is 24.8 Å². The van der Waals surface area contributed by atoms with Crippen molar-refractivity contribution >= 4 is 17.6 Å². The summed E-state index contributed by atoms with van der Waals surface area (Å²) in [6, 6.07) is 9.33. The SMILES string of the molecule is COc1cc(C(=O)N2Cc3ccccc3C(C(=O)O)C2)c([N+](=O)[O-])cc1OC. The van der Waals surface area contributed by atoms with Gasteiger partial charge in [-0.25, -0.2) is 0 Å². The lowest BCUT2D eigenvalue weighted by atomic mass is 9.89. The predicted molar refractivity (Wildman–Crippen MR) is 97.8 cm³/mol. The average molecular weight is 386 g/mol. The van der Waals surface area contributed by atoms with Crippen LogP contribution in [-0.2, 0) is 11.3 Å². The molecule has 1 heterocycles. The van der Waals surface area contributed by atoms with Crippen molar-refractivity contribution in [2.24, 2.45) is 0 Å². The molecule has 0 aromatic heterocycles. The molecule has 0 saturated carbocycles. The van der Waals surface area contributed by atoms with Crippen LogP contribution in [0.25, 0.3) is 0 Å². The van der Waals surface area contributed by atoms with Crippen molar-refractivity contribution in [2.45, 2.75) is 12.5 Å². The summed E-state index contributed by atoms with van der Waals surface area (Å²) in [6.07, 6.45) is 0. The lowest BCUT2D eigenvalue weighted by Gasteiger charge is -2.32. The van der Waals surface area contributed by atoms with E-state index >= 15 is 0 Å². The van der Waals surface area contributed by atoms with Crippen LogP contribution in [0.3, 0.4) is 0 Å². The second-order valence-corrected chi connectivity index (χ2v) is 6.26. The summed E-state index contributed by atoms with van der Waals surface area (Å²) >= 11 is 0. The number of nitro benzene ring substituents is 1. The molecule has 0 fully saturated rings. The van der Waals surface area contributed by atoms with Crippen molar-refractivity contribution in [1.29, 1.82) is 0 Å². The third kappa shape index (κ3) is 3.34. The van der Waals surface area contributed by atoms with Gasteiger partial charge in [0.25, 0.3) is 11.6 Å². The van der Waals surface area contributed by atoms with E-state index in [0.29, 0.717) is 11.1 Å². The average Bonchev–Trinajstić information content (AvgIpc) is 2.70. The number of benzene rings is 2. The molecular formula is C19H18N2O7. The zero-order chi connectivity index (χ0) is 20.4. The number of ether oxygens (including phenoxy) is 2. The highest BCUT2D eigenvalue weighted by molar-refractivity contribution is 5.99. The molecule has 2 aromatic rings. The minimum Gasteiger partial charge on any atom is -0.493 e. The molecule has 9 heteroatoms. The zero-order valence-electron chi connectivity index (χ0n) is 15.2. The molecule has 2 aromatic carbocycles. The minimum atomic E-state index is -1.06. The number of hydrogen-bond acceptors (Lipinski definition) is 6. The number of carboxylic acid groups (broad SMARTS) is 1. The van der Waals surface area contributed by atoms with Crippen molar-refractivity contribution in [3.63, 3.8) is 0 Å². The van der Waals surface area contributed by atoms with E-state index in [1.807, 2.05) is 0 Å². The highest BCUT2D eigenvalue weighted by Gasteiger charge is 2.35. The third-order valence-corrected chi connectivity index (χ3v) is 4.71. The van der Waals surface area contributed by atoms with Crippen molar-refractivity contribution in [2.75, 3.05) is 20.8 Å². The van der Waals surface area contributed by atoms with E-state index in [1.54, 1.807) is 24.3 Å². The van der Waals surface area contributed by atoms with Gasteiger partial charge in [0.1, 0.15) is 5.56 Å². The van der Waals surface area contributed by atoms with E-state index in [4.69, 9.17) is 9.47 Å². The number of carboxylic acids is 1. The maximum Gasteiger partial charge on any atom is 0.312 e. The largest absolute Gasteiger partial charge is 0.493 e. The van der Waals surface area contributed by atoms with Crippen LogP contribution in [0.5, 0.6) is 11.5 Å². The Bertz CT molecular complexity index is 957. The van der Waals surface area contributed by atoms with Crippen LogP contribution in [0.15, 0.2) is 36.4 Å². The smallest absolute Gasteiger partial charge is 0.312 e. The van der Waals surface area contributed by atoms with Gasteiger partial charge in [0.15, 0.2) is 11.5 Å². The fraction of sp³-hybridized carbons (Fsp3) is 0.263. The molecule has 1 aliphatic heterocycles. The van der Waals surface area contributed by atoms with Crippen LogP contribution < -0.4 is 9.47 Å². The highest BCUT2D eigenvalue weighted by Crippen LogP contribution is 2.36. The normalized spacial score (nSPS) is 15.5. The second kappa shape index (κ2) is 7.55. The lowest BCUT2D eigenvalue weighted by Crippen LogP contribution is -2.40. The molecule has 28 heavy (non-hydrogen) atoms. The van der Waals surface area contributed by atoms with Gasteiger partial charge in [0, 0.05) is 19.2 Å². The van der Waals surface area contributed by atoms with Crippen LogP contribution in [0, 0.1) is 10.1 Å².